The van der Waals surface area contributed by atoms with E-state index in [9.17, 15) is 21.6 Å². The van der Waals surface area contributed by atoms with Gasteiger partial charge in [0.15, 0.2) is 9.84 Å². The first kappa shape index (κ1) is 17.8. The number of sulfone groups is 1. The van der Waals surface area contributed by atoms with Crippen molar-refractivity contribution in [3.05, 3.63) is 24.3 Å². The van der Waals surface area contributed by atoms with E-state index in [2.05, 4.69) is 0 Å². The number of nitrogens with zero attached hydrogens (tertiary/aromatic N) is 1. The van der Waals surface area contributed by atoms with Crippen LogP contribution in [0.2, 0.25) is 0 Å². The Morgan fingerprint density at radius 3 is 2.38 bits per heavy atom. The van der Waals surface area contributed by atoms with Crippen LogP contribution in [0.4, 0.5) is 18.9 Å². The van der Waals surface area contributed by atoms with Crippen LogP contribution in [0, 0.1) is 0 Å². The maximum atomic E-state index is 12.6. The van der Waals surface area contributed by atoms with Crippen LogP contribution in [0.3, 0.4) is 0 Å². The molecule has 0 amide bonds. The van der Waals surface area contributed by atoms with E-state index in [4.69, 9.17) is 5.11 Å². The zero-order valence-corrected chi connectivity index (χ0v) is 12.4. The number of anilines is 1. The molecule has 0 saturated carbocycles. The first-order valence-corrected chi connectivity index (χ1v) is 8.11. The van der Waals surface area contributed by atoms with Crippen LogP contribution in [-0.4, -0.2) is 45.1 Å². The van der Waals surface area contributed by atoms with Crippen molar-refractivity contribution >= 4 is 15.5 Å². The largest absolute Gasteiger partial charge is 0.405 e. The van der Waals surface area contributed by atoms with Gasteiger partial charge in [0, 0.05) is 6.54 Å². The van der Waals surface area contributed by atoms with Crippen molar-refractivity contribution in [3.8, 4) is 0 Å². The molecule has 0 atom stereocenters. The number of hydrogen-bond donors (Lipinski definition) is 1. The van der Waals surface area contributed by atoms with Gasteiger partial charge in [-0.1, -0.05) is 19.1 Å². The lowest BCUT2D eigenvalue weighted by Gasteiger charge is -2.27. The van der Waals surface area contributed by atoms with Crippen molar-refractivity contribution in [2.45, 2.75) is 24.4 Å². The molecule has 1 rings (SSSR count). The number of aliphatic hydroxyl groups excluding tert-OH is 1. The molecule has 0 aliphatic carbocycles. The summed E-state index contributed by atoms with van der Waals surface area (Å²) in [5.74, 6) is -0.136. The maximum Gasteiger partial charge on any atom is 0.405 e. The molecule has 0 spiro atoms. The third kappa shape index (κ3) is 5.20. The minimum absolute atomic E-state index is 0.0303. The second-order valence-electron chi connectivity index (χ2n) is 4.55. The molecule has 0 aromatic heterocycles. The van der Waals surface area contributed by atoms with E-state index in [0.717, 1.165) is 4.90 Å². The van der Waals surface area contributed by atoms with Gasteiger partial charge in [-0.25, -0.2) is 8.42 Å². The first-order valence-electron chi connectivity index (χ1n) is 6.45. The zero-order valence-electron chi connectivity index (χ0n) is 11.6. The standard InChI is InChI=1S/C13H18F3NO3S/c1-2-9-21(19,20)12-6-4-3-5-11(12)17(7-8-18)10-13(14,15)16/h3-6,18H,2,7-10H2,1H3. The fourth-order valence-electron chi connectivity index (χ4n) is 1.98. The molecule has 21 heavy (non-hydrogen) atoms. The maximum absolute atomic E-state index is 12.6. The van der Waals surface area contributed by atoms with Crippen molar-refractivity contribution in [1.82, 2.24) is 0 Å². The van der Waals surface area contributed by atoms with Crippen molar-refractivity contribution in [2.75, 3.05) is 30.3 Å². The number of halogens is 3. The van der Waals surface area contributed by atoms with E-state index < -0.39 is 29.2 Å². The van der Waals surface area contributed by atoms with Gasteiger partial charge in [-0.2, -0.15) is 13.2 Å². The third-order valence-electron chi connectivity index (χ3n) is 2.75. The zero-order chi connectivity index (χ0) is 16.1. The molecule has 0 aliphatic rings. The number of alkyl halides is 3. The molecule has 4 nitrogen and oxygen atoms in total. The highest BCUT2D eigenvalue weighted by Gasteiger charge is 2.32. The van der Waals surface area contributed by atoms with Gasteiger partial charge < -0.3 is 10.0 Å². The second kappa shape index (κ2) is 7.13. The average Bonchev–Trinajstić information content (AvgIpc) is 2.37. The molecule has 120 valence electrons. The molecule has 0 bridgehead atoms. The molecular weight excluding hydrogens is 307 g/mol. The van der Waals surface area contributed by atoms with Gasteiger partial charge in [0.2, 0.25) is 0 Å². The van der Waals surface area contributed by atoms with E-state index in [1.54, 1.807) is 6.92 Å². The first-order chi connectivity index (χ1) is 9.71. The predicted octanol–water partition coefficient (Wildman–Crippen LogP) is 2.23. The summed E-state index contributed by atoms with van der Waals surface area (Å²) in [7, 11) is -3.65. The topological polar surface area (TPSA) is 57.6 Å². The summed E-state index contributed by atoms with van der Waals surface area (Å²) in [6.45, 7) is -0.427. The molecule has 1 aromatic rings. The normalized spacial score (nSPS) is 12.4. The summed E-state index contributed by atoms with van der Waals surface area (Å²) in [6, 6.07) is 5.56. The molecule has 1 aromatic carbocycles. The summed E-state index contributed by atoms with van der Waals surface area (Å²) >= 11 is 0. The smallest absolute Gasteiger partial charge is 0.395 e. The highest BCUT2D eigenvalue weighted by atomic mass is 32.2. The van der Waals surface area contributed by atoms with Crippen molar-refractivity contribution in [2.24, 2.45) is 0 Å². The monoisotopic (exact) mass is 325 g/mol. The summed E-state index contributed by atoms with van der Waals surface area (Å²) in [5, 5.41) is 8.93. The average molecular weight is 325 g/mol. The molecule has 0 radical (unpaired) electrons. The SMILES string of the molecule is CCCS(=O)(=O)c1ccccc1N(CCO)CC(F)(F)F. The fraction of sp³-hybridized carbons (Fsp3) is 0.538. The highest BCUT2D eigenvalue weighted by Crippen LogP contribution is 2.29. The van der Waals surface area contributed by atoms with Gasteiger partial charge in [0.25, 0.3) is 0 Å². The van der Waals surface area contributed by atoms with Crippen LogP contribution < -0.4 is 4.90 Å². The minimum atomic E-state index is -4.49. The van der Waals surface area contributed by atoms with Gasteiger partial charge in [-0.15, -0.1) is 0 Å². The molecule has 1 N–H and O–H groups in total. The van der Waals surface area contributed by atoms with Crippen LogP contribution in [0.1, 0.15) is 13.3 Å². The third-order valence-corrected chi connectivity index (χ3v) is 4.71. The van der Waals surface area contributed by atoms with E-state index in [1.807, 2.05) is 0 Å². The van der Waals surface area contributed by atoms with Crippen LogP contribution in [-0.2, 0) is 9.84 Å². The van der Waals surface area contributed by atoms with Crippen LogP contribution in [0.5, 0.6) is 0 Å². The predicted molar refractivity (Wildman–Crippen MR) is 74.1 cm³/mol. The fourth-order valence-corrected chi connectivity index (χ4v) is 3.54. The van der Waals surface area contributed by atoms with Crippen molar-refractivity contribution < 1.29 is 26.7 Å². The molecule has 0 fully saturated rings. The van der Waals surface area contributed by atoms with E-state index in [-0.39, 0.29) is 22.9 Å². The minimum Gasteiger partial charge on any atom is -0.395 e. The van der Waals surface area contributed by atoms with Gasteiger partial charge in [-0.3, -0.25) is 0 Å². The van der Waals surface area contributed by atoms with E-state index in [0.29, 0.717) is 6.42 Å². The molecule has 0 heterocycles. The number of aliphatic hydroxyl groups is 1. The van der Waals surface area contributed by atoms with Gasteiger partial charge in [0.05, 0.1) is 22.9 Å². The molecule has 0 saturated heterocycles. The molecule has 8 heteroatoms. The molecular formula is C13H18F3NO3S. The van der Waals surface area contributed by atoms with Crippen LogP contribution in [0.25, 0.3) is 0 Å². The van der Waals surface area contributed by atoms with E-state index in [1.165, 1.54) is 24.3 Å². The number of hydrogen-bond acceptors (Lipinski definition) is 4. The Balaban J connectivity index is 3.26. The number of rotatable bonds is 7. The number of para-hydroxylation sites is 1. The lowest BCUT2D eigenvalue weighted by molar-refractivity contribution is -0.119. The Kier molecular flexibility index (Phi) is 6.03. The van der Waals surface area contributed by atoms with Gasteiger partial charge >= 0.3 is 6.18 Å². The second-order valence-corrected chi connectivity index (χ2v) is 6.62. The molecule has 0 aliphatic heterocycles. The summed E-state index contributed by atoms with van der Waals surface area (Å²) in [6.07, 6.45) is -4.12. The summed E-state index contributed by atoms with van der Waals surface area (Å²) in [4.78, 5) is 0.701. The lowest BCUT2D eigenvalue weighted by Crippen LogP contribution is -2.37. The summed E-state index contributed by atoms with van der Waals surface area (Å²) in [5.41, 5.74) is -0.0303. The van der Waals surface area contributed by atoms with Crippen molar-refractivity contribution in [1.29, 1.82) is 0 Å². The Hall–Kier alpha value is -1.28. The van der Waals surface area contributed by atoms with Crippen molar-refractivity contribution in [3.63, 3.8) is 0 Å². The highest BCUT2D eigenvalue weighted by molar-refractivity contribution is 7.91. The van der Waals surface area contributed by atoms with Gasteiger partial charge in [0.1, 0.15) is 6.54 Å². The Morgan fingerprint density at radius 1 is 1.24 bits per heavy atom. The van der Waals surface area contributed by atoms with E-state index >= 15 is 0 Å². The summed E-state index contributed by atoms with van der Waals surface area (Å²) < 4.78 is 62.2. The van der Waals surface area contributed by atoms with Crippen LogP contribution >= 0.6 is 0 Å². The van der Waals surface area contributed by atoms with Gasteiger partial charge in [-0.05, 0) is 18.6 Å². The molecule has 0 unspecified atom stereocenters. The Labute approximate surface area is 122 Å². The Morgan fingerprint density at radius 2 is 1.86 bits per heavy atom. The lowest BCUT2D eigenvalue weighted by atomic mass is 10.3. The quantitative estimate of drug-likeness (QED) is 0.835. The van der Waals surface area contributed by atoms with Crippen LogP contribution in [0.15, 0.2) is 29.2 Å². The Bertz CT molecular complexity index is 558. The number of benzene rings is 1.